The normalized spacial score (nSPS) is 14.5. The highest BCUT2D eigenvalue weighted by Gasteiger charge is 2.64. The summed E-state index contributed by atoms with van der Waals surface area (Å²) in [5.41, 5.74) is 5.12. The SMILES string of the molecule is COc1cc2c(cc1C)[Si](c1ccccc1)(c1ccccc1)[Si](c1ccccc1)(c1ccccc1)c1cc(C)ccc1-2. The number of hydrogen-bond acceptors (Lipinski definition) is 1. The van der Waals surface area contributed by atoms with Gasteiger partial charge in [0.05, 0.1) is 7.11 Å². The van der Waals surface area contributed by atoms with Crippen molar-refractivity contribution in [3.05, 3.63) is 163 Å². The Labute approximate surface area is 250 Å². The van der Waals surface area contributed by atoms with Crippen molar-refractivity contribution in [2.75, 3.05) is 7.11 Å². The predicted molar refractivity (Wildman–Crippen MR) is 183 cm³/mol. The molecular formula is C39H34OSi2. The van der Waals surface area contributed by atoms with Crippen molar-refractivity contribution in [1.29, 1.82) is 0 Å². The van der Waals surface area contributed by atoms with Crippen LogP contribution in [0.5, 0.6) is 5.75 Å². The minimum absolute atomic E-state index is 0.942. The van der Waals surface area contributed by atoms with Crippen molar-refractivity contribution in [2.24, 2.45) is 0 Å². The van der Waals surface area contributed by atoms with E-state index in [1.807, 2.05) is 0 Å². The molecule has 7 rings (SSSR count). The van der Waals surface area contributed by atoms with Crippen molar-refractivity contribution in [2.45, 2.75) is 13.8 Å². The largest absolute Gasteiger partial charge is 0.496 e. The minimum Gasteiger partial charge on any atom is -0.496 e. The van der Waals surface area contributed by atoms with E-state index in [1.54, 1.807) is 7.11 Å². The highest BCUT2D eigenvalue weighted by atomic mass is 29.3. The Morgan fingerprint density at radius 2 is 0.833 bits per heavy atom. The molecule has 42 heavy (non-hydrogen) atoms. The van der Waals surface area contributed by atoms with E-state index in [0.717, 1.165) is 5.75 Å². The number of fused-ring (bicyclic) bond motifs is 3. The molecule has 0 bridgehead atoms. The first kappa shape index (κ1) is 26.5. The fourth-order valence-electron chi connectivity index (χ4n) is 7.62. The maximum atomic E-state index is 5.98. The van der Waals surface area contributed by atoms with Crippen molar-refractivity contribution in [3.8, 4) is 16.9 Å². The average Bonchev–Trinajstić information content (AvgIpc) is 3.05. The van der Waals surface area contributed by atoms with E-state index in [9.17, 15) is 0 Å². The highest BCUT2D eigenvalue weighted by Crippen LogP contribution is 2.36. The van der Waals surface area contributed by atoms with Gasteiger partial charge in [-0.1, -0.05) is 172 Å². The van der Waals surface area contributed by atoms with Gasteiger partial charge in [-0.25, -0.2) is 0 Å². The first-order valence-corrected chi connectivity index (χ1v) is 19.6. The highest BCUT2D eigenvalue weighted by molar-refractivity contribution is 7.68. The Morgan fingerprint density at radius 3 is 1.24 bits per heavy atom. The van der Waals surface area contributed by atoms with Crippen LogP contribution in [0.2, 0.25) is 0 Å². The zero-order chi connectivity index (χ0) is 28.7. The molecule has 0 unspecified atom stereocenters. The number of aryl methyl sites for hydroxylation is 2. The van der Waals surface area contributed by atoms with Gasteiger partial charge in [-0.15, -0.1) is 0 Å². The van der Waals surface area contributed by atoms with Gasteiger partial charge in [-0.2, -0.15) is 0 Å². The molecule has 0 atom stereocenters. The molecule has 0 fully saturated rings. The predicted octanol–water partition coefficient (Wildman–Crippen LogP) is 5.01. The fraction of sp³-hybridized carbons (Fsp3) is 0.0769. The third kappa shape index (κ3) is 3.67. The summed E-state index contributed by atoms with van der Waals surface area (Å²) in [5.74, 6) is 0.942. The molecule has 6 aromatic carbocycles. The smallest absolute Gasteiger partial charge is 0.155 e. The van der Waals surface area contributed by atoms with Crippen LogP contribution in [0.3, 0.4) is 0 Å². The molecule has 0 amide bonds. The van der Waals surface area contributed by atoms with Gasteiger partial charge in [-0.05, 0) is 47.0 Å². The summed E-state index contributed by atoms with van der Waals surface area (Å²) in [5, 5.41) is 8.80. The van der Waals surface area contributed by atoms with E-state index in [2.05, 4.69) is 166 Å². The lowest BCUT2D eigenvalue weighted by molar-refractivity contribution is 0.412. The Hall–Kier alpha value is -4.45. The van der Waals surface area contributed by atoms with E-state index >= 15 is 0 Å². The van der Waals surface area contributed by atoms with Gasteiger partial charge in [-0.3, -0.25) is 0 Å². The maximum absolute atomic E-state index is 5.98. The van der Waals surface area contributed by atoms with Gasteiger partial charge >= 0.3 is 0 Å². The fourth-order valence-corrected chi connectivity index (χ4v) is 27.8. The van der Waals surface area contributed by atoms with Crippen molar-refractivity contribution in [3.63, 3.8) is 0 Å². The summed E-state index contributed by atoms with van der Waals surface area (Å²) in [6.07, 6.45) is 0. The summed E-state index contributed by atoms with van der Waals surface area (Å²) in [6.45, 7) is 4.45. The van der Waals surface area contributed by atoms with Crippen LogP contribution in [0, 0.1) is 13.8 Å². The molecular weight excluding hydrogens is 541 g/mol. The number of hydrogen-bond donors (Lipinski definition) is 0. The summed E-state index contributed by atoms with van der Waals surface area (Å²) in [7, 11) is -3.94. The quantitative estimate of drug-likeness (QED) is 0.263. The van der Waals surface area contributed by atoms with Crippen molar-refractivity contribution in [1.82, 2.24) is 0 Å². The van der Waals surface area contributed by atoms with E-state index < -0.39 is 15.2 Å². The third-order valence-corrected chi connectivity index (χ3v) is 26.0. The molecule has 1 heterocycles. The second-order valence-corrected chi connectivity index (χ2v) is 22.3. The van der Waals surface area contributed by atoms with Crippen molar-refractivity contribution < 1.29 is 4.74 Å². The molecule has 0 saturated carbocycles. The first-order valence-electron chi connectivity index (χ1n) is 14.6. The van der Waals surface area contributed by atoms with Crippen LogP contribution in [0.15, 0.2) is 152 Å². The van der Waals surface area contributed by atoms with Gasteiger partial charge < -0.3 is 4.74 Å². The Kier molecular flexibility index (Phi) is 6.57. The molecule has 3 heteroatoms. The molecule has 1 aliphatic heterocycles. The van der Waals surface area contributed by atoms with Crippen LogP contribution < -0.4 is 35.9 Å². The van der Waals surface area contributed by atoms with Gasteiger partial charge in [0, 0.05) is 0 Å². The molecule has 1 aliphatic rings. The molecule has 0 saturated heterocycles. The molecule has 6 aromatic rings. The molecule has 0 aromatic heterocycles. The lowest BCUT2D eigenvalue weighted by Crippen LogP contribution is -2.95. The lowest BCUT2D eigenvalue weighted by atomic mass is 10.0. The minimum atomic E-state index is -2.87. The topological polar surface area (TPSA) is 9.23 Å². The maximum Gasteiger partial charge on any atom is 0.155 e. The average molecular weight is 575 g/mol. The summed E-state index contributed by atoms with van der Waals surface area (Å²) in [6, 6.07) is 57.9. The monoisotopic (exact) mass is 574 g/mol. The zero-order valence-corrected chi connectivity index (χ0v) is 26.3. The number of ether oxygens (including phenoxy) is 1. The van der Waals surface area contributed by atoms with Gasteiger partial charge in [0.2, 0.25) is 0 Å². The molecule has 0 spiro atoms. The van der Waals surface area contributed by atoms with Gasteiger partial charge in [0.15, 0.2) is 15.2 Å². The van der Waals surface area contributed by atoms with Crippen LogP contribution in [-0.2, 0) is 0 Å². The molecule has 0 radical (unpaired) electrons. The standard InChI is InChI=1S/C39H34OSi2/c1-29-24-25-35-36-28-37(40-3)30(2)27-39(36)42(33-20-12-6-13-21-33,34-22-14-7-15-23-34)41(38(35)26-29,31-16-8-4-9-17-31)32-18-10-5-11-19-32/h4-28H,1-3H3. The van der Waals surface area contributed by atoms with E-state index in [0.29, 0.717) is 0 Å². The van der Waals surface area contributed by atoms with E-state index in [4.69, 9.17) is 4.74 Å². The van der Waals surface area contributed by atoms with Crippen LogP contribution in [0.25, 0.3) is 11.1 Å². The Morgan fingerprint density at radius 1 is 0.429 bits per heavy atom. The van der Waals surface area contributed by atoms with E-state index in [1.165, 1.54) is 53.4 Å². The van der Waals surface area contributed by atoms with Gasteiger partial charge in [0.1, 0.15) is 5.75 Å². The molecule has 0 aliphatic carbocycles. The van der Waals surface area contributed by atoms with Gasteiger partial charge in [0.25, 0.3) is 0 Å². The van der Waals surface area contributed by atoms with Crippen LogP contribution >= 0.6 is 0 Å². The Bertz CT molecular complexity index is 1790. The van der Waals surface area contributed by atoms with Crippen molar-refractivity contribution >= 4 is 46.3 Å². The van der Waals surface area contributed by atoms with Crippen LogP contribution in [0.1, 0.15) is 11.1 Å². The number of methoxy groups -OCH3 is 1. The summed E-state index contributed by atoms with van der Waals surface area (Å²) >= 11 is 0. The lowest BCUT2D eigenvalue weighted by Gasteiger charge is -2.54. The molecule has 1 nitrogen and oxygen atoms in total. The van der Waals surface area contributed by atoms with E-state index in [-0.39, 0.29) is 0 Å². The van der Waals surface area contributed by atoms with Crippen LogP contribution in [0.4, 0.5) is 0 Å². The molecule has 204 valence electrons. The second kappa shape index (κ2) is 10.4. The second-order valence-electron chi connectivity index (χ2n) is 11.4. The zero-order valence-electron chi connectivity index (χ0n) is 24.3. The summed E-state index contributed by atoms with van der Waals surface area (Å²) < 4.78 is 5.98. The van der Waals surface area contributed by atoms with Crippen LogP contribution in [-0.4, -0.2) is 22.3 Å². The Balaban J connectivity index is 1.84. The number of rotatable bonds is 5. The molecule has 0 N–H and O–H groups in total. The first-order chi connectivity index (χ1) is 20.6. The third-order valence-electron chi connectivity index (χ3n) is 9.20. The number of benzene rings is 6. The summed E-state index contributed by atoms with van der Waals surface area (Å²) in [4.78, 5) is 0.